The minimum atomic E-state index is -2.98. The van der Waals surface area contributed by atoms with Gasteiger partial charge in [0.1, 0.15) is 6.04 Å². The lowest BCUT2D eigenvalue weighted by Crippen LogP contribution is -2.42. The van der Waals surface area contributed by atoms with Crippen LogP contribution in [0.5, 0.6) is 0 Å². The molecule has 1 aromatic heterocycles. The molecule has 2 aromatic rings. The Labute approximate surface area is 144 Å². The monoisotopic (exact) mass is 361 g/mol. The number of alkyl halides is 2. The normalized spacial score (nSPS) is 12.3. The Hall–Kier alpha value is -1.87. The van der Waals surface area contributed by atoms with Crippen molar-refractivity contribution in [1.29, 1.82) is 0 Å². The van der Waals surface area contributed by atoms with Crippen LogP contribution in [0.3, 0.4) is 0 Å². The highest BCUT2D eigenvalue weighted by Gasteiger charge is 2.36. The van der Waals surface area contributed by atoms with Gasteiger partial charge in [-0.3, -0.25) is 19.5 Å². The van der Waals surface area contributed by atoms with E-state index in [1.54, 1.807) is 36.5 Å². The predicted molar refractivity (Wildman–Crippen MR) is 86.4 cm³/mol. The molecule has 2 rings (SSSR count). The molecule has 9 heteroatoms. The Bertz CT molecular complexity index is 690. The number of nitrogens with zero attached hydrogens (tertiary/aromatic N) is 3. The Morgan fingerprint density at radius 2 is 1.92 bits per heavy atom. The van der Waals surface area contributed by atoms with Gasteiger partial charge >= 0.3 is 6.55 Å². The summed E-state index contributed by atoms with van der Waals surface area (Å²) in [6.45, 7) is -2.98. The zero-order valence-corrected chi connectivity index (χ0v) is 14.2. The Morgan fingerprint density at radius 3 is 2.50 bits per heavy atom. The first-order chi connectivity index (χ1) is 11.0. The molecule has 0 N–H and O–H groups in total. The van der Waals surface area contributed by atoms with Crippen LogP contribution in [-0.4, -0.2) is 48.8 Å². The first kappa shape index (κ1) is 20.2. The van der Waals surface area contributed by atoms with Gasteiger partial charge in [-0.15, -0.1) is 17.5 Å². The van der Waals surface area contributed by atoms with Gasteiger partial charge < -0.3 is 0 Å². The highest BCUT2D eigenvalue weighted by atomic mass is 35.5. The third-order valence-electron chi connectivity index (χ3n) is 3.42. The van der Waals surface area contributed by atoms with E-state index in [0.29, 0.717) is 16.1 Å². The van der Waals surface area contributed by atoms with Crippen LogP contribution < -0.4 is 0 Å². The summed E-state index contributed by atoms with van der Waals surface area (Å²) in [5.41, 5.74) is 1.05. The molecule has 0 spiro atoms. The third kappa shape index (κ3) is 4.15. The van der Waals surface area contributed by atoms with Crippen LogP contribution in [-0.2, 0) is 14.5 Å². The van der Waals surface area contributed by atoms with E-state index in [1.165, 1.54) is 14.2 Å². The number of benzene rings is 1. The Balaban J connectivity index is 0.00000288. The highest BCUT2D eigenvalue weighted by Crippen LogP contribution is 2.28. The molecule has 132 valence electrons. The number of hydrogen-bond donors (Lipinski definition) is 0. The van der Waals surface area contributed by atoms with Crippen molar-refractivity contribution < 1.29 is 23.3 Å². The molecule has 1 amide bonds. The van der Waals surface area contributed by atoms with Crippen LogP contribution in [0.2, 0.25) is 0 Å². The Morgan fingerprint density at radius 1 is 1.21 bits per heavy atom. The number of rotatable bonds is 6. The number of fused-ring (bicyclic) bond motifs is 1. The van der Waals surface area contributed by atoms with Crippen LogP contribution in [0.15, 0.2) is 36.5 Å². The fraction of sp³-hybridized carbons (Fsp3) is 0.333. The second-order valence-electron chi connectivity index (χ2n) is 4.70. The van der Waals surface area contributed by atoms with E-state index in [9.17, 15) is 13.6 Å². The highest BCUT2D eigenvalue weighted by molar-refractivity contribution is 5.86. The quantitative estimate of drug-likeness (QED) is 0.585. The van der Waals surface area contributed by atoms with Gasteiger partial charge in [-0.2, -0.15) is 8.78 Å². The van der Waals surface area contributed by atoms with Gasteiger partial charge in [0.05, 0.1) is 19.7 Å². The molecule has 0 saturated heterocycles. The summed E-state index contributed by atoms with van der Waals surface area (Å²) in [4.78, 5) is 26.2. The maximum absolute atomic E-state index is 13.3. The summed E-state index contributed by atoms with van der Waals surface area (Å²) < 4.78 is 26.5. The molecule has 0 aliphatic rings. The number of carbonyl (C=O) groups excluding carboxylic acids is 1. The lowest BCUT2D eigenvalue weighted by atomic mass is 10.0. The predicted octanol–water partition coefficient (Wildman–Crippen LogP) is 2.80. The number of halogens is 3. The molecule has 0 aliphatic carbocycles. The second-order valence-corrected chi connectivity index (χ2v) is 4.70. The maximum Gasteiger partial charge on any atom is 0.316 e. The minimum absolute atomic E-state index is 0. The van der Waals surface area contributed by atoms with Crippen molar-refractivity contribution in [3.8, 4) is 0 Å². The number of likely N-dealkylation sites (N-methyl/N-ethyl adjacent to an activating group) is 1. The Kier molecular flexibility index (Phi) is 7.43. The summed E-state index contributed by atoms with van der Waals surface area (Å²) in [6.07, 6.45) is 1.63. The fourth-order valence-corrected chi connectivity index (χ4v) is 2.22. The van der Waals surface area contributed by atoms with Crippen LogP contribution in [0.1, 0.15) is 11.6 Å². The molecule has 1 aromatic carbocycles. The van der Waals surface area contributed by atoms with E-state index in [2.05, 4.69) is 4.98 Å². The van der Waals surface area contributed by atoms with Gasteiger partial charge in [0.15, 0.2) is 0 Å². The van der Waals surface area contributed by atoms with Crippen LogP contribution in [0.4, 0.5) is 8.78 Å². The summed E-state index contributed by atoms with van der Waals surface area (Å²) >= 11 is 0. The van der Waals surface area contributed by atoms with Gasteiger partial charge in [0.2, 0.25) is 0 Å². The van der Waals surface area contributed by atoms with Crippen molar-refractivity contribution in [2.45, 2.75) is 12.6 Å². The van der Waals surface area contributed by atoms with Crippen LogP contribution >= 0.6 is 12.4 Å². The minimum Gasteiger partial charge on any atom is -0.296 e. The molecule has 1 heterocycles. The molecule has 0 aliphatic heterocycles. The molecule has 6 nitrogen and oxygen atoms in total. The molecule has 0 saturated carbocycles. The zero-order valence-electron chi connectivity index (χ0n) is 13.3. The molecule has 1 atom stereocenters. The van der Waals surface area contributed by atoms with Crippen molar-refractivity contribution in [3.63, 3.8) is 0 Å². The molecule has 0 fully saturated rings. The molecule has 1 unspecified atom stereocenters. The van der Waals surface area contributed by atoms with Crippen LogP contribution in [0.25, 0.3) is 10.9 Å². The molecular weight excluding hydrogens is 344 g/mol. The first-order valence-electron chi connectivity index (χ1n) is 6.76. The molecule has 0 bridgehead atoms. The van der Waals surface area contributed by atoms with Gasteiger partial charge in [-0.05, 0) is 23.8 Å². The molecule has 0 radical (unpaired) electrons. The van der Waals surface area contributed by atoms with E-state index in [1.807, 2.05) is 0 Å². The first-order valence-corrected chi connectivity index (χ1v) is 6.76. The van der Waals surface area contributed by atoms with E-state index in [0.717, 1.165) is 17.6 Å². The summed E-state index contributed by atoms with van der Waals surface area (Å²) in [5, 5.41) is 1.94. The van der Waals surface area contributed by atoms with Crippen molar-refractivity contribution in [1.82, 2.24) is 15.1 Å². The molecule has 24 heavy (non-hydrogen) atoms. The van der Waals surface area contributed by atoms with Crippen molar-refractivity contribution in [2.24, 2.45) is 0 Å². The SMILES string of the molecule is CON(C)C(=O)C(c1ccc2ncccc2c1)N(OC)C(F)F.Cl. The largest absolute Gasteiger partial charge is 0.316 e. The average molecular weight is 362 g/mol. The fourth-order valence-electron chi connectivity index (χ4n) is 2.22. The number of amides is 1. The van der Waals surface area contributed by atoms with Crippen LogP contribution in [0, 0.1) is 0 Å². The third-order valence-corrected chi connectivity index (χ3v) is 3.42. The second kappa shape index (κ2) is 8.84. The van der Waals surface area contributed by atoms with Gasteiger partial charge in [-0.25, -0.2) is 5.06 Å². The van der Waals surface area contributed by atoms with E-state index >= 15 is 0 Å². The van der Waals surface area contributed by atoms with Crippen molar-refractivity contribution >= 4 is 29.2 Å². The summed E-state index contributed by atoms with van der Waals surface area (Å²) in [5.74, 6) is -0.683. The smallest absolute Gasteiger partial charge is 0.296 e. The zero-order chi connectivity index (χ0) is 17.0. The van der Waals surface area contributed by atoms with E-state index in [-0.39, 0.29) is 12.4 Å². The number of carbonyl (C=O) groups is 1. The average Bonchev–Trinajstić information content (AvgIpc) is 2.57. The van der Waals surface area contributed by atoms with E-state index in [4.69, 9.17) is 9.68 Å². The topological polar surface area (TPSA) is 54.9 Å². The lowest BCUT2D eigenvalue weighted by Gasteiger charge is -2.30. The van der Waals surface area contributed by atoms with Gasteiger partial charge in [-0.1, -0.05) is 12.1 Å². The number of hydrogen-bond acceptors (Lipinski definition) is 5. The maximum atomic E-state index is 13.3. The van der Waals surface area contributed by atoms with Gasteiger partial charge in [0.25, 0.3) is 5.91 Å². The lowest BCUT2D eigenvalue weighted by molar-refractivity contribution is -0.266. The standard InChI is InChI=1S/C15H17F2N3O3.ClH/c1-19(22-2)14(21)13(20(23-3)15(16)17)11-6-7-12-10(9-11)5-4-8-18-12;/h4-9,13,15H,1-3H3;1H. The number of aromatic nitrogens is 1. The van der Waals surface area contributed by atoms with Crippen molar-refractivity contribution in [3.05, 3.63) is 42.1 Å². The van der Waals surface area contributed by atoms with Crippen molar-refractivity contribution in [2.75, 3.05) is 21.3 Å². The van der Waals surface area contributed by atoms with Gasteiger partial charge in [0, 0.05) is 18.6 Å². The number of pyridine rings is 1. The number of hydroxylamine groups is 4. The van der Waals surface area contributed by atoms with E-state index < -0.39 is 18.5 Å². The molecular formula is C15H18ClF2N3O3. The summed E-state index contributed by atoms with van der Waals surface area (Å²) in [6, 6.07) is 7.02. The summed E-state index contributed by atoms with van der Waals surface area (Å²) in [7, 11) is 3.71.